The summed E-state index contributed by atoms with van der Waals surface area (Å²) >= 11 is 0. The monoisotopic (exact) mass is 606 g/mol. The number of carbonyl (C=O) groups excluding carboxylic acids is 1. The van der Waals surface area contributed by atoms with Gasteiger partial charge in [0.2, 0.25) is 5.56 Å². The van der Waals surface area contributed by atoms with Crippen LogP contribution in [0.4, 0.5) is 39.1 Å². The van der Waals surface area contributed by atoms with Crippen LogP contribution in [0.3, 0.4) is 0 Å². The van der Waals surface area contributed by atoms with Crippen LogP contribution in [0.25, 0.3) is 11.1 Å². The zero-order valence-electron chi connectivity index (χ0n) is 23.8. The minimum absolute atomic E-state index is 0.0145. The number of anilines is 3. The minimum atomic E-state index is -5.04. The third kappa shape index (κ3) is 6.20. The highest BCUT2D eigenvalue weighted by atomic mass is 19.4. The maximum absolute atomic E-state index is 16.5. The molecule has 0 spiro atoms. The molecule has 1 amide bonds. The smallest absolute Gasteiger partial charge is 0.378 e. The molecule has 5 rings (SSSR count). The molecule has 2 N–H and O–H groups in total. The number of amides is 1. The maximum atomic E-state index is 16.5. The number of halogens is 5. The van der Waals surface area contributed by atoms with Crippen LogP contribution in [0.15, 0.2) is 41.5 Å². The number of benzene rings is 1. The molecule has 2 saturated heterocycles. The van der Waals surface area contributed by atoms with Gasteiger partial charge in [0, 0.05) is 62.8 Å². The highest BCUT2D eigenvalue weighted by molar-refractivity contribution is 6.07. The number of piperazine rings is 1. The lowest BCUT2D eigenvalue weighted by atomic mass is 10.0. The van der Waals surface area contributed by atoms with Gasteiger partial charge in [-0.2, -0.15) is 13.2 Å². The van der Waals surface area contributed by atoms with E-state index in [-0.39, 0.29) is 29.4 Å². The number of morpholine rings is 1. The topological polar surface area (TPSA) is 93.8 Å². The molecule has 2 fully saturated rings. The molecule has 43 heavy (non-hydrogen) atoms. The van der Waals surface area contributed by atoms with Gasteiger partial charge in [-0.3, -0.25) is 14.5 Å². The van der Waals surface area contributed by atoms with Crippen molar-refractivity contribution < 1.29 is 31.5 Å². The van der Waals surface area contributed by atoms with Gasteiger partial charge >= 0.3 is 6.18 Å². The number of pyridine rings is 2. The number of aromatic nitrogens is 2. The normalized spacial score (nSPS) is 19.9. The molecule has 3 aromatic rings. The summed E-state index contributed by atoms with van der Waals surface area (Å²) in [5.41, 5.74) is -4.29. The first kappa shape index (κ1) is 30.4. The van der Waals surface area contributed by atoms with Crippen LogP contribution in [0.1, 0.15) is 29.8 Å². The fourth-order valence-electron chi connectivity index (χ4n) is 5.45. The van der Waals surface area contributed by atoms with Gasteiger partial charge in [-0.15, -0.1) is 0 Å². The Labute approximate surface area is 244 Å². The van der Waals surface area contributed by atoms with E-state index >= 15 is 8.78 Å². The summed E-state index contributed by atoms with van der Waals surface area (Å²) in [5, 5.41) is 2.28. The van der Waals surface area contributed by atoms with Gasteiger partial charge in [-0.25, -0.2) is 13.8 Å². The molecular weight excluding hydrogens is 575 g/mol. The van der Waals surface area contributed by atoms with E-state index in [9.17, 15) is 22.8 Å². The summed E-state index contributed by atoms with van der Waals surface area (Å²) < 4.78 is 79.0. The number of H-pyrrole nitrogens is 1. The number of hydrogen-bond donors (Lipinski definition) is 2. The van der Waals surface area contributed by atoms with Crippen molar-refractivity contribution >= 4 is 23.1 Å². The van der Waals surface area contributed by atoms with Crippen LogP contribution in [-0.2, 0) is 10.9 Å². The summed E-state index contributed by atoms with van der Waals surface area (Å²) in [5.74, 6) is -2.91. The van der Waals surface area contributed by atoms with Crippen molar-refractivity contribution in [2.45, 2.75) is 32.1 Å². The summed E-state index contributed by atoms with van der Waals surface area (Å²) in [7, 11) is 1.92. The second-order valence-electron chi connectivity index (χ2n) is 10.8. The van der Waals surface area contributed by atoms with E-state index in [0.29, 0.717) is 51.4 Å². The van der Waals surface area contributed by atoms with E-state index < -0.39 is 51.7 Å². The highest BCUT2D eigenvalue weighted by Crippen LogP contribution is 2.40. The Kier molecular flexibility index (Phi) is 8.43. The fourth-order valence-corrected chi connectivity index (χ4v) is 5.45. The molecule has 4 heterocycles. The summed E-state index contributed by atoms with van der Waals surface area (Å²) in [4.78, 5) is 37.0. The SMILES string of the molecule is CC1CN(c2cc(F)c(-c3ccnc(N4CCOCC4)c3)c(F)c2NC(=O)c2c[nH]c(=O)cc2C(F)(F)F)CC(C)N1C. The second-order valence-corrected chi connectivity index (χ2v) is 10.8. The molecule has 1 aromatic carbocycles. The average molecular weight is 607 g/mol. The van der Waals surface area contributed by atoms with Crippen molar-refractivity contribution in [2.75, 3.05) is 61.6 Å². The molecule has 2 aliphatic rings. The number of carbonyl (C=O) groups is 1. The molecule has 0 aliphatic carbocycles. The summed E-state index contributed by atoms with van der Waals surface area (Å²) in [6.07, 6.45) is -3.00. The number of aromatic amines is 1. The largest absolute Gasteiger partial charge is 0.417 e. The van der Waals surface area contributed by atoms with E-state index in [1.165, 1.54) is 18.3 Å². The molecule has 2 aromatic heterocycles. The Hall–Kier alpha value is -4.04. The number of nitrogens with zero attached hydrogens (tertiary/aromatic N) is 4. The number of ether oxygens (including phenoxy) is 1. The van der Waals surface area contributed by atoms with E-state index in [2.05, 4.69) is 20.2 Å². The number of nitrogens with one attached hydrogen (secondary N) is 2. The van der Waals surface area contributed by atoms with E-state index in [4.69, 9.17) is 4.74 Å². The lowest BCUT2D eigenvalue weighted by Crippen LogP contribution is -2.55. The third-order valence-corrected chi connectivity index (χ3v) is 7.98. The van der Waals surface area contributed by atoms with Crippen LogP contribution < -0.4 is 20.7 Å². The van der Waals surface area contributed by atoms with Crippen LogP contribution in [0.2, 0.25) is 0 Å². The molecule has 0 saturated carbocycles. The Morgan fingerprint density at radius 3 is 2.40 bits per heavy atom. The maximum Gasteiger partial charge on any atom is 0.417 e. The molecule has 2 atom stereocenters. The zero-order valence-corrected chi connectivity index (χ0v) is 23.8. The van der Waals surface area contributed by atoms with Crippen LogP contribution >= 0.6 is 0 Å². The number of likely N-dealkylation sites (N-methyl/N-ethyl adjacent to an activating group) is 1. The Morgan fingerprint density at radius 2 is 1.74 bits per heavy atom. The van der Waals surface area contributed by atoms with Gasteiger partial charge in [0.1, 0.15) is 17.3 Å². The first-order valence-electron chi connectivity index (χ1n) is 13.7. The van der Waals surface area contributed by atoms with Crippen LogP contribution in [0, 0.1) is 11.6 Å². The average Bonchev–Trinajstić information content (AvgIpc) is 2.97. The van der Waals surface area contributed by atoms with Crippen molar-refractivity contribution in [3.05, 3.63) is 69.8 Å². The number of alkyl halides is 3. The lowest BCUT2D eigenvalue weighted by molar-refractivity contribution is -0.138. The Bertz CT molecular complexity index is 1560. The van der Waals surface area contributed by atoms with Gasteiger partial charge in [-0.1, -0.05) is 0 Å². The van der Waals surface area contributed by atoms with Gasteiger partial charge in [0.25, 0.3) is 5.91 Å². The Balaban J connectivity index is 1.63. The highest BCUT2D eigenvalue weighted by Gasteiger charge is 2.37. The minimum Gasteiger partial charge on any atom is -0.378 e. The van der Waals surface area contributed by atoms with Gasteiger partial charge in [0.15, 0.2) is 5.82 Å². The second kappa shape index (κ2) is 11.9. The van der Waals surface area contributed by atoms with Crippen molar-refractivity contribution in [3.8, 4) is 11.1 Å². The lowest BCUT2D eigenvalue weighted by Gasteiger charge is -2.44. The van der Waals surface area contributed by atoms with E-state index in [1.807, 2.05) is 25.8 Å². The van der Waals surface area contributed by atoms with Gasteiger partial charge < -0.3 is 24.8 Å². The Morgan fingerprint density at radius 1 is 1.07 bits per heavy atom. The summed E-state index contributed by atoms with van der Waals surface area (Å²) in [6.45, 7) is 6.53. The van der Waals surface area contributed by atoms with Crippen LogP contribution in [-0.4, -0.2) is 79.3 Å². The standard InChI is InChI=1S/C29H31F5N6O3/c1-16-14-40(15-17(2)38(16)3)22-12-21(30)25(18-4-5-35-23(10-18)39-6-8-43-9-7-39)26(31)27(22)37-28(42)19-13-36-24(41)11-20(19)29(32,33)34/h4-5,10-13,16-17H,6-9,14-15H2,1-3H3,(H,36,41)(H,37,42). The molecule has 0 radical (unpaired) electrons. The number of hydrogen-bond acceptors (Lipinski definition) is 7. The first-order chi connectivity index (χ1) is 20.3. The van der Waals surface area contributed by atoms with Gasteiger partial charge in [-0.05, 0) is 38.6 Å². The van der Waals surface area contributed by atoms with Crippen molar-refractivity contribution in [1.29, 1.82) is 0 Å². The molecule has 9 nitrogen and oxygen atoms in total. The van der Waals surface area contributed by atoms with E-state index in [1.54, 1.807) is 4.90 Å². The molecule has 230 valence electrons. The van der Waals surface area contributed by atoms with Crippen LogP contribution in [0.5, 0.6) is 0 Å². The summed E-state index contributed by atoms with van der Waals surface area (Å²) in [6, 6.07) is 4.21. The first-order valence-corrected chi connectivity index (χ1v) is 13.7. The fraction of sp³-hybridized carbons (Fsp3) is 0.414. The number of rotatable bonds is 5. The van der Waals surface area contributed by atoms with Crippen molar-refractivity contribution in [3.63, 3.8) is 0 Å². The zero-order chi connectivity index (χ0) is 31.1. The molecule has 0 bridgehead atoms. The molecular formula is C29H31F5N6O3. The predicted octanol–water partition coefficient (Wildman–Crippen LogP) is 4.35. The van der Waals surface area contributed by atoms with Crippen molar-refractivity contribution in [2.24, 2.45) is 0 Å². The third-order valence-electron chi connectivity index (χ3n) is 7.98. The predicted molar refractivity (Wildman–Crippen MR) is 152 cm³/mol. The van der Waals surface area contributed by atoms with E-state index in [0.717, 1.165) is 6.07 Å². The molecule has 2 unspecified atom stereocenters. The molecule has 2 aliphatic heterocycles. The van der Waals surface area contributed by atoms with Gasteiger partial charge in [0.05, 0.1) is 35.6 Å². The molecule has 14 heteroatoms. The quantitative estimate of drug-likeness (QED) is 0.418. The van der Waals surface area contributed by atoms with Crippen molar-refractivity contribution in [1.82, 2.24) is 14.9 Å².